The second-order valence-electron chi connectivity index (χ2n) is 3.96. The molecule has 0 saturated heterocycles. The summed E-state index contributed by atoms with van der Waals surface area (Å²) in [5.41, 5.74) is 1.60. The van der Waals surface area contributed by atoms with Crippen LogP contribution in [0.25, 0.3) is 0 Å². The lowest BCUT2D eigenvalue weighted by atomic mass is 10.1. The van der Waals surface area contributed by atoms with Crippen molar-refractivity contribution in [3.05, 3.63) is 40.1 Å². The minimum atomic E-state index is -0.0355. The van der Waals surface area contributed by atoms with E-state index in [1.54, 1.807) is 11.0 Å². The monoisotopic (exact) mass is 268 g/mol. The summed E-state index contributed by atoms with van der Waals surface area (Å²) >= 11 is 0. The van der Waals surface area contributed by atoms with E-state index in [-0.39, 0.29) is 18.0 Å². The summed E-state index contributed by atoms with van der Waals surface area (Å²) in [6.07, 6.45) is 3.79. The molecule has 1 aliphatic rings. The quantitative estimate of drug-likeness (QED) is 0.765. The number of halogens is 1. The number of rotatable bonds is 2. The van der Waals surface area contributed by atoms with Gasteiger partial charge in [0, 0.05) is 12.1 Å². The molecule has 0 aromatic carbocycles. The van der Waals surface area contributed by atoms with Crippen LogP contribution in [0.2, 0.25) is 0 Å². The Hall–Kier alpha value is -1.73. The fourth-order valence-corrected chi connectivity index (χ4v) is 1.96. The third-order valence-electron chi connectivity index (χ3n) is 2.77. The molecule has 0 atom stereocenters. The summed E-state index contributed by atoms with van der Waals surface area (Å²) in [6, 6.07) is 0. The van der Waals surface area contributed by atoms with Gasteiger partial charge in [0.25, 0.3) is 5.56 Å². The van der Waals surface area contributed by atoms with Crippen molar-refractivity contribution in [3.63, 3.8) is 0 Å². The van der Waals surface area contributed by atoms with Crippen molar-refractivity contribution in [1.82, 2.24) is 30.0 Å². The molecule has 96 valence electrons. The lowest BCUT2D eigenvalue weighted by Gasteiger charge is -2.15. The topological polar surface area (TPSA) is 88.5 Å². The normalized spacial score (nSPS) is 13.8. The van der Waals surface area contributed by atoms with Crippen molar-refractivity contribution in [2.45, 2.75) is 19.5 Å². The largest absolute Gasteiger partial charge is 0.311 e. The second-order valence-corrected chi connectivity index (χ2v) is 3.96. The van der Waals surface area contributed by atoms with E-state index < -0.39 is 0 Å². The van der Waals surface area contributed by atoms with Gasteiger partial charge in [-0.2, -0.15) is 5.10 Å². The van der Waals surface area contributed by atoms with Crippen molar-refractivity contribution in [3.8, 4) is 0 Å². The molecule has 2 N–H and O–H groups in total. The Morgan fingerprint density at radius 3 is 3.11 bits per heavy atom. The summed E-state index contributed by atoms with van der Waals surface area (Å²) in [7, 11) is 0. The van der Waals surface area contributed by atoms with Gasteiger partial charge in [-0.3, -0.25) is 4.79 Å². The van der Waals surface area contributed by atoms with Gasteiger partial charge in [0.1, 0.15) is 25.0 Å². The first-order valence-electron chi connectivity index (χ1n) is 5.47. The molecule has 18 heavy (non-hydrogen) atoms. The number of aromatic amines is 1. The van der Waals surface area contributed by atoms with Gasteiger partial charge >= 0.3 is 0 Å². The van der Waals surface area contributed by atoms with E-state index in [9.17, 15) is 4.79 Å². The highest BCUT2D eigenvalue weighted by molar-refractivity contribution is 5.85. The van der Waals surface area contributed by atoms with Crippen LogP contribution in [0.4, 0.5) is 0 Å². The zero-order valence-corrected chi connectivity index (χ0v) is 10.4. The summed E-state index contributed by atoms with van der Waals surface area (Å²) in [5.74, 6) is 0.614. The molecule has 2 aromatic heterocycles. The molecule has 1 aliphatic heterocycles. The first-order chi connectivity index (χ1) is 8.33. The van der Waals surface area contributed by atoms with Crippen molar-refractivity contribution in [1.29, 1.82) is 0 Å². The van der Waals surface area contributed by atoms with Crippen LogP contribution in [0.15, 0.2) is 17.4 Å². The fourth-order valence-electron chi connectivity index (χ4n) is 1.96. The Morgan fingerprint density at radius 1 is 1.44 bits per heavy atom. The molecule has 0 unspecified atom stereocenters. The lowest BCUT2D eigenvalue weighted by Crippen LogP contribution is -2.32. The predicted octanol–water partition coefficient (Wildman–Crippen LogP) is -0.523. The van der Waals surface area contributed by atoms with Crippen molar-refractivity contribution < 1.29 is 0 Å². The molecule has 0 bridgehead atoms. The Morgan fingerprint density at radius 2 is 2.33 bits per heavy atom. The van der Waals surface area contributed by atoms with Crippen molar-refractivity contribution in [2.24, 2.45) is 0 Å². The van der Waals surface area contributed by atoms with E-state index in [1.807, 2.05) is 0 Å². The van der Waals surface area contributed by atoms with Gasteiger partial charge in [0.15, 0.2) is 0 Å². The molecule has 0 saturated carbocycles. The minimum absolute atomic E-state index is 0. The van der Waals surface area contributed by atoms with E-state index in [1.165, 1.54) is 6.33 Å². The number of aromatic nitrogens is 5. The number of fused-ring (bicyclic) bond motifs is 1. The molecule has 2 aromatic rings. The molecule has 0 amide bonds. The first-order valence-corrected chi connectivity index (χ1v) is 5.47. The Kier molecular flexibility index (Phi) is 3.73. The maximum absolute atomic E-state index is 11.8. The second kappa shape index (κ2) is 5.28. The highest BCUT2D eigenvalue weighted by Crippen LogP contribution is 2.06. The van der Waals surface area contributed by atoms with Gasteiger partial charge in [0.2, 0.25) is 0 Å². The minimum Gasteiger partial charge on any atom is -0.311 e. The summed E-state index contributed by atoms with van der Waals surface area (Å²) in [4.78, 5) is 22.9. The standard InChI is InChI=1S/C10H12N6O.ClH/c17-10-7-1-2-11-3-8(7)14-9(15-10)4-16-6-12-5-13-16;/h5-6,11H,1-4H2,(H,14,15,17);1H. The predicted molar refractivity (Wildman–Crippen MR) is 66.6 cm³/mol. The van der Waals surface area contributed by atoms with Gasteiger partial charge in [-0.1, -0.05) is 0 Å². The van der Waals surface area contributed by atoms with Crippen molar-refractivity contribution >= 4 is 12.4 Å². The molecular weight excluding hydrogens is 256 g/mol. The Bertz CT molecular complexity index is 579. The molecule has 0 spiro atoms. The number of hydrogen-bond donors (Lipinski definition) is 2. The highest BCUT2D eigenvalue weighted by atomic mass is 35.5. The van der Waals surface area contributed by atoms with Gasteiger partial charge < -0.3 is 10.3 Å². The van der Waals surface area contributed by atoms with E-state index in [4.69, 9.17) is 0 Å². The maximum atomic E-state index is 11.8. The van der Waals surface area contributed by atoms with Crippen LogP contribution in [-0.4, -0.2) is 31.3 Å². The zero-order valence-electron chi connectivity index (χ0n) is 9.59. The average Bonchev–Trinajstić information content (AvgIpc) is 2.82. The van der Waals surface area contributed by atoms with E-state index in [0.29, 0.717) is 18.9 Å². The van der Waals surface area contributed by atoms with Crippen LogP contribution >= 0.6 is 12.4 Å². The molecule has 7 nitrogen and oxygen atoms in total. The SMILES string of the molecule is Cl.O=c1[nH]c(Cn2cncn2)nc2c1CCNC2. The summed E-state index contributed by atoms with van der Waals surface area (Å²) in [5, 5.41) is 7.19. The van der Waals surface area contributed by atoms with Crippen LogP contribution < -0.4 is 10.9 Å². The van der Waals surface area contributed by atoms with Gasteiger partial charge in [-0.05, 0) is 13.0 Å². The molecule has 0 fully saturated rings. The number of H-pyrrole nitrogens is 1. The van der Waals surface area contributed by atoms with Crippen LogP contribution in [0.3, 0.4) is 0 Å². The molecule has 3 rings (SSSR count). The van der Waals surface area contributed by atoms with Gasteiger partial charge in [-0.15, -0.1) is 12.4 Å². The maximum Gasteiger partial charge on any atom is 0.254 e. The van der Waals surface area contributed by atoms with E-state index in [0.717, 1.165) is 24.2 Å². The van der Waals surface area contributed by atoms with Gasteiger partial charge in [-0.25, -0.2) is 14.6 Å². The van der Waals surface area contributed by atoms with Crippen molar-refractivity contribution in [2.75, 3.05) is 6.54 Å². The van der Waals surface area contributed by atoms with Crippen LogP contribution in [0.5, 0.6) is 0 Å². The van der Waals surface area contributed by atoms with Gasteiger partial charge in [0.05, 0.1) is 5.69 Å². The molecule has 3 heterocycles. The molecule has 8 heteroatoms. The number of nitrogens with zero attached hydrogens (tertiary/aromatic N) is 4. The number of hydrogen-bond acceptors (Lipinski definition) is 5. The van der Waals surface area contributed by atoms with E-state index in [2.05, 4.69) is 25.4 Å². The Labute approximate surface area is 109 Å². The third-order valence-corrected chi connectivity index (χ3v) is 2.77. The smallest absolute Gasteiger partial charge is 0.254 e. The lowest BCUT2D eigenvalue weighted by molar-refractivity contribution is 0.594. The average molecular weight is 269 g/mol. The highest BCUT2D eigenvalue weighted by Gasteiger charge is 2.15. The fraction of sp³-hybridized carbons (Fsp3) is 0.400. The zero-order chi connectivity index (χ0) is 11.7. The summed E-state index contributed by atoms with van der Waals surface area (Å²) < 4.78 is 1.63. The summed E-state index contributed by atoms with van der Waals surface area (Å²) in [6.45, 7) is 1.92. The van der Waals surface area contributed by atoms with Crippen LogP contribution in [0.1, 0.15) is 17.1 Å². The first kappa shape index (κ1) is 12.7. The number of nitrogens with one attached hydrogen (secondary N) is 2. The molecule has 0 radical (unpaired) electrons. The molecular formula is C10H13ClN6O. The third kappa shape index (κ3) is 2.41. The van der Waals surface area contributed by atoms with Crippen LogP contribution in [0, 0.1) is 0 Å². The molecule has 0 aliphatic carbocycles. The Balaban J connectivity index is 0.00000120. The van der Waals surface area contributed by atoms with E-state index >= 15 is 0 Å². The van der Waals surface area contributed by atoms with Crippen LogP contribution in [-0.2, 0) is 19.5 Å².